The minimum atomic E-state index is -0.618. The van der Waals surface area contributed by atoms with Crippen molar-refractivity contribution in [2.24, 2.45) is 0 Å². The summed E-state index contributed by atoms with van der Waals surface area (Å²) in [7, 11) is 2.62. The fourth-order valence-electron chi connectivity index (χ4n) is 2.13. The van der Waals surface area contributed by atoms with E-state index in [9.17, 15) is 9.59 Å². The molecule has 0 N–H and O–H groups in total. The van der Waals surface area contributed by atoms with Gasteiger partial charge in [-0.2, -0.15) is 0 Å². The van der Waals surface area contributed by atoms with Gasteiger partial charge >= 0.3 is 11.9 Å². The van der Waals surface area contributed by atoms with Crippen molar-refractivity contribution in [3.8, 4) is 5.75 Å². The van der Waals surface area contributed by atoms with Crippen molar-refractivity contribution in [1.29, 1.82) is 0 Å². The molecular weight excluding hydrogens is 272 g/mol. The maximum atomic E-state index is 12.0. The number of hydrogen-bond donors (Lipinski definition) is 0. The Morgan fingerprint density at radius 3 is 2.74 bits per heavy atom. The molecule has 6 heteroatoms. The first-order valence-electron chi connectivity index (χ1n) is 5.68. The lowest BCUT2D eigenvalue weighted by Crippen LogP contribution is -2.27. The Morgan fingerprint density at radius 2 is 2.16 bits per heavy atom. The van der Waals surface area contributed by atoms with Gasteiger partial charge < -0.3 is 14.2 Å². The van der Waals surface area contributed by atoms with Crippen LogP contribution in [0.5, 0.6) is 5.75 Å². The van der Waals surface area contributed by atoms with Gasteiger partial charge in [0, 0.05) is 11.4 Å². The summed E-state index contributed by atoms with van der Waals surface area (Å²) in [5.41, 5.74) is 0.948. The summed E-state index contributed by atoms with van der Waals surface area (Å²) < 4.78 is 15.0. The van der Waals surface area contributed by atoms with E-state index in [0.717, 1.165) is 0 Å². The Labute approximate surface area is 115 Å². The number of carbonyl (C=O) groups is 2. The van der Waals surface area contributed by atoms with Gasteiger partial charge in [-0.05, 0) is 18.6 Å². The molecule has 1 aliphatic heterocycles. The summed E-state index contributed by atoms with van der Waals surface area (Å²) in [5.74, 6) is -1.02. The molecule has 5 nitrogen and oxygen atoms in total. The molecule has 0 unspecified atom stereocenters. The van der Waals surface area contributed by atoms with E-state index in [2.05, 4.69) is 4.74 Å². The Balaban J connectivity index is 2.71. The maximum Gasteiger partial charge on any atom is 0.342 e. The molecule has 19 heavy (non-hydrogen) atoms. The summed E-state index contributed by atoms with van der Waals surface area (Å²) in [6, 6.07) is 1.45. The number of fused-ring (bicyclic) bond motifs is 1. The monoisotopic (exact) mass is 284 g/mol. The normalized spacial score (nSPS) is 17.5. The van der Waals surface area contributed by atoms with Crippen molar-refractivity contribution < 1.29 is 23.8 Å². The second-order valence-corrected chi connectivity index (χ2v) is 4.61. The van der Waals surface area contributed by atoms with Crippen LogP contribution >= 0.6 is 11.6 Å². The number of hydrogen-bond acceptors (Lipinski definition) is 5. The summed E-state index contributed by atoms with van der Waals surface area (Å²) in [6.45, 7) is 1.78. The minimum absolute atomic E-state index is 0.111. The molecule has 0 saturated heterocycles. The second-order valence-electron chi connectivity index (χ2n) is 4.20. The van der Waals surface area contributed by atoms with Crippen molar-refractivity contribution in [2.45, 2.75) is 19.4 Å². The van der Waals surface area contributed by atoms with Gasteiger partial charge in [-0.3, -0.25) is 0 Å². The molecule has 0 bridgehead atoms. The van der Waals surface area contributed by atoms with Crippen LogP contribution in [0.4, 0.5) is 0 Å². The predicted octanol–water partition coefficient (Wildman–Crippen LogP) is 2.24. The van der Waals surface area contributed by atoms with Gasteiger partial charge in [-0.15, -0.1) is 0 Å². The van der Waals surface area contributed by atoms with Crippen molar-refractivity contribution in [1.82, 2.24) is 0 Å². The van der Waals surface area contributed by atoms with E-state index in [-0.39, 0.29) is 23.0 Å². The van der Waals surface area contributed by atoms with Crippen molar-refractivity contribution >= 4 is 23.5 Å². The van der Waals surface area contributed by atoms with E-state index in [1.807, 2.05) is 0 Å². The van der Waals surface area contributed by atoms with Gasteiger partial charge in [-0.1, -0.05) is 11.6 Å². The molecule has 0 aromatic heterocycles. The molecule has 0 spiro atoms. The highest BCUT2D eigenvalue weighted by Gasteiger charge is 2.32. The number of benzene rings is 1. The first kappa shape index (κ1) is 13.7. The van der Waals surface area contributed by atoms with E-state index in [4.69, 9.17) is 21.1 Å². The maximum absolute atomic E-state index is 12.0. The zero-order chi connectivity index (χ0) is 14.2. The number of ether oxygens (including phenoxy) is 3. The van der Waals surface area contributed by atoms with Crippen LogP contribution < -0.4 is 4.74 Å². The van der Waals surface area contributed by atoms with Crippen LogP contribution in [0.3, 0.4) is 0 Å². The van der Waals surface area contributed by atoms with Crippen LogP contribution in [0.15, 0.2) is 6.07 Å². The van der Waals surface area contributed by atoms with Gasteiger partial charge in [0.2, 0.25) is 0 Å². The number of methoxy groups -OCH3 is 2. The molecule has 0 fully saturated rings. The fourth-order valence-corrected chi connectivity index (χ4v) is 2.41. The average molecular weight is 285 g/mol. The lowest BCUT2D eigenvalue weighted by molar-refractivity contribution is 0.0296. The lowest BCUT2D eigenvalue weighted by atomic mass is 9.95. The van der Waals surface area contributed by atoms with Crippen LogP contribution in [-0.4, -0.2) is 32.3 Å². The van der Waals surface area contributed by atoms with E-state index in [0.29, 0.717) is 17.0 Å². The summed E-state index contributed by atoms with van der Waals surface area (Å²) in [6.07, 6.45) is 0.226. The predicted molar refractivity (Wildman–Crippen MR) is 67.9 cm³/mol. The van der Waals surface area contributed by atoms with Crippen molar-refractivity contribution in [2.75, 3.05) is 14.2 Å². The minimum Gasteiger partial charge on any atom is -0.495 e. The third-order valence-corrected chi connectivity index (χ3v) is 3.28. The lowest BCUT2D eigenvalue weighted by Gasteiger charge is -2.25. The molecule has 1 heterocycles. The Kier molecular flexibility index (Phi) is 3.66. The molecule has 0 radical (unpaired) electrons. The summed E-state index contributed by atoms with van der Waals surface area (Å²) in [4.78, 5) is 23.7. The topological polar surface area (TPSA) is 61.8 Å². The van der Waals surface area contributed by atoms with Gasteiger partial charge in [0.15, 0.2) is 0 Å². The van der Waals surface area contributed by atoms with Crippen LogP contribution in [0, 0.1) is 0 Å². The Morgan fingerprint density at radius 1 is 1.47 bits per heavy atom. The standard InChI is InChI=1S/C13H13ClO5/c1-6-4-7-9(14)5-8(12(15)18-3)11(17-2)10(7)13(16)19-6/h5-6H,4H2,1-3H3/t6-/m1/s1. The zero-order valence-corrected chi connectivity index (χ0v) is 11.5. The molecule has 0 saturated carbocycles. The van der Waals surface area contributed by atoms with Crippen LogP contribution in [0.1, 0.15) is 33.2 Å². The second kappa shape index (κ2) is 5.09. The largest absolute Gasteiger partial charge is 0.495 e. The average Bonchev–Trinajstić information content (AvgIpc) is 2.38. The molecule has 102 valence electrons. The third-order valence-electron chi connectivity index (χ3n) is 2.95. The first-order valence-corrected chi connectivity index (χ1v) is 6.06. The number of carbonyl (C=O) groups excluding carboxylic acids is 2. The third kappa shape index (κ3) is 2.26. The quantitative estimate of drug-likeness (QED) is 0.780. The van der Waals surface area contributed by atoms with Crippen LogP contribution in [0.2, 0.25) is 5.02 Å². The highest BCUT2D eigenvalue weighted by Crippen LogP contribution is 2.37. The summed E-state index contributed by atoms with van der Waals surface area (Å²) >= 11 is 6.14. The van der Waals surface area contributed by atoms with Gasteiger partial charge in [0.05, 0.1) is 14.2 Å². The van der Waals surface area contributed by atoms with Crippen LogP contribution in [-0.2, 0) is 15.9 Å². The zero-order valence-electron chi connectivity index (χ0n) is 10.8. The molecule has 1 aliphatic rings. The van der Waals surface area contributed by atoms with Crippen LogP contribution in [0.25, 0.3) is 0 Å². The highest BCUT2D eigenvalue weighted by atomic mass is 35.5. The molecular formula is C13H13ClO5. The SMILES string of the molecule is COC(=O)c1cc(Cl)c2c(c1OC)C(=O)O[C@H](C)C2. The highest BCUT2D eigenvalue weighted by molar-refractivity contribution is 6.32. The molecule has 0 aliphatic carbocycles. The van der Waals surface area contributed by atoms with Crippen molar-refractivity contribution in [3.63, 3.8) is 0 Å². The van der Waals surface area contributed by atoms with Gasteiger partial charge in [0.1, 0.15) is 23.0 Å². The van der Waals surface area contributed by atoms with E-state index in [1.54, 1.807) is 6.92 Å². The van der Waals surface area contributed by atoms with Crippen molar-refractivity contribution in [3.05, 3.63) is 27.8 Å². The molecule has 1 atom stereocenters. The van der Waals surface area contributed by atoms with Gasteiger partial charge in [-0.25, -0.2) is 9.59 Å². The fraction of sp³-hybridized carbons (Fsp3) is 0.385. The Hall–Kier alpha value is -1.75. The van der Waals surface area contributed by atoms with Gasteiger partial charge in [0.25, 0.3) is 0 Å². The number of rotatable bonds is 2. The molecule has 2 rings (SSSR count). The number of halogens is 1. The first-order chi connectivity index (χ1) is 8.99. The smallest absolute Gasteiger partial charge is 0.342 e. The van der Waals surface area contributed by atoms with E-state index >= 15 is 0 Å². The molecule has 1 aromatic rings. The van der Waals surface area contributed by atoms with E-state index < -0.39 is 11.9 Å². The molecule has 0 amide bonds. The number of esters is 2. The summed E-state index contributed by atoms with van der Waals surface area (Å²) in [5, 5.41) is 0.333. The molecule has 1 aromatic carbocycles. The van der Waals surface area contributed by atoms with E-state index in [1.165, 1.54) is 20.3 Å². The number of cyclic esters (lactones) is 1. The Bertz CT molecular complexity index is 552.